The number of halogens is 1. The van der Waals surface area contributed by atoms with Crippen LogP contribution in [-0.2, 0) is 4.74 Å². The van der Waals surface area contributed by atoms with Crippen molar-refractivity contribution in [2.45, 2.75) is 12.5 Å². The van der Waals surface area contributed by atoms with E-state index in [0.29, 0.717) is 17.3 Å². The van der Waals surface area contributed by atoms with Crippen LogP contribution in [0, 0.1) is 5.82 Å². The molecule has 0 radical (unpaired) electrons. The van der Waals surface area contributed by atoms with Gasteiger partial charge in [0, 0.05) is 12.7 Å². The molecular formula is C14H15FN4O. The summed E-state index contributed by atoms with van der Waals surface area (Å²) < 4.78 is 18.6. The Kier molecular flexibility index (Phi) is 3.10. The van der Waals surface area contributed by atoms with E-state index in [1.807, 2.05) is 11.8 Å². The molecule has 1 aromatic heterocycles. The Bertz CT molecular complexity index is 628. The molecule has 0 bridgehead atoms. The van der Waals surface area contributed by atoms with Crippen LogP contribution in [0.2, 0.25) is 0 Å². The molecule has 0 N–H and O–H groups in total. The van der Waals surface area contributed by atoms with E-state index in [2.05, 4.69) is 15.0 Å². The van der Waals surface area contributed by atoms with Crippen molar-refractivity contribution < 1.29 is 9.13 Å². The van der Waals surface area contributed by atoms with Crippen molar-refractivity contribution in [1.29, 1.82) is 0 Å². The van der Waals surface area contributed by atoms with Gasteiger partial charge >= 0.3 is 0 Å². The molecule has 0 saturated carbocycles. The van der Waals surface area contributed by atoms with E-state index in [-0.39, 0.29) is 11.4 Å². The van der Waals surface area contributed by atoms with E-state index in [1.165, 1.54) is 18.5 Å². The van der Waals surface area contributed by atoms with Crippen LogP contribution in [-0.4, -0.2) is 40.8 Å². The van der Waals surface area contributed by atoms with Gasteiger partial charge in [-0.25, -0.2) is 14.4 Å². The highest BCUT2D eigenvalue weighted by Crippen LogP contribution is 2.27. The molecule has 20 heavy (non-hydrogen) atoms. The summed E-state index contributed by atoms with van der Waals surface area (Å²) in [7, 11) is 1.70. The molecule has 0 unspecified atom stereocenters. The summed E-state index contributed by atoms with van der Waals surface area (Å²) in [5, 5.41) is 0. The van der Waals surface area contributed by atoms with Gasteiger partial charge in [0.05, 0.1) is 13.1 Å². The topological polar surface area (TPSA) is 51.1 Å². The van der Waals surface area contributed by atoms with Crippen LogP contribution in [0.25, 0.3) is 11.4 Å². The Labute approximate surface area is 116 Å². The molecular weight excluding hydrogens is 259 g/mol. The summed E-state index contributed by atoms with van der Waals surface area (Å²) in [4.78, 5) is 14.7. The second-order valence-corrected chi connectivity index (χ2v) is 5.13. The van der Waals surface area contributed by atoms with Gasteiger partial charge in [0.1, 0.15) is 17.7 Å². The second kappa shape index (κ2) is 4.79. The van der Waals surface area contributed by atoms with Crippen molar-refractivity contribution in [1.82, 2.24) is 15.0 Å². The Morgan fingerprint density at radius 3 is 2.80 bits per heavy atom. The Morgan fingerprint density at radius 2 is 2.10 bits per heavy atom. The molecule has 1 fully saturated rings. The lowest BCUT2D eigenvalue weighted by atomic mass is 9.97. The first kappa shape index (κ1) is 12.9. The molecule has 1 saturated heterocycles. The zero-order valence-corrected chi connectivity index (χ0v) is 11.4. The van der Waals surface area contributed by atoms with Gasteiger partial charge in [-0.2, -0.15) is 4.98 Å². The third-order valence-corrected chi connectivity index (χ3v) is 3.47. The number of aromatic nitrogens is 3. The highest BCUT2D eigenvalue weighted by Gasteiger charge is 2.40. The van der Waals surface area contributed by atoms with Crippen LogP contribution >= 0.6 is 0 Å². The van der Waals surface area contributed by atoms with Crippen LogP contribution < -0.4 is 4.90 Å². The number of rotatable bonds is 3. The molecule has 1 aliphatic rings. The van der Waals surface area contributed by atoms with Crippen molar-refractivity contribution in [3.63, 3.8) is 0 Å². The van der Waals surface area contributed by atoms with E-state index in [9.17, 15) is 4.39 Å². The predicted octanol–water partition coefficient (Wildman–Crippen LogP) is 1.90. The molecule has 0 aliphatic carbocycles. The average Bonchev–Trinajstić information content (AvgIpc) is 2.44. The van der Waals surface area contributed by atoms with Gasteiger partial charge in [0.25, 0.3) is 0 Å². The molecule has 6 heteroatoms. The number of hydrogen-bond donors (Lipinski definition) is 0. The number of nitrogens with zero attached hydrogens (tertiary/aromatic N) is 4. The zero-order chi connectivity index (χ0) is 14.2. The summed E-state index contributed by atoms with van der Waals surface area (Å²) in [5.74, 6) is 0.759. The first-order valence-corrected chi connectivity index (χ1v) is 6.35. The molecule has 3 rings (SSSR count). The summed E-state index contributed by atoms with van der Waals surface area (Å²) in [6.07, 6.45) is 1.45. The van der Waals surface area contributed by atoms with Gasteiger partial charge in [-0.15, -0.1) is 0 Å². The standard InChI is InChI=1S/C14H15FN4O/c1-14(20-2)7-19(8-14)13-17-9-16-12(18-13)10-4-3-5-11(15)6-10/h3-6,9H,7-8H2,1-2H3. The highest BCUT2D eigenvalue weighted by atomic mass is 19.1. The Balaban J connectivity index is 1.84. The van der Waals surface area contributed by atoms with Crippen molar-refractivity contribution in [3.05, 3.63) is 36.4 Å². The SMILES string of the molecule is COC1(C)CN(c2ncnc(-c3cccc(F)c3)n2)C1. The maximum absolute atomic E-state index is 13.2. The minimum Gasteiger partial charge on any atom is -0.375 e. The Morgan fingerprint density at radius 1 is 1.30 bits per heavy atom. The van der Waals surface area contributed by atoms with Gasteiger partial charge in [0.2, 0.25) is 5.95 Å². The van der Waals surface area contributed by atoms with Gasteiger partial charge < -0.3 is 9.64 Å². The first-order chi connectivity index (χ1) is 9.59. The normalized spacial score (nSPS) is 16.9. The number of anilines is 1. The van der Waals surface area contributed by atoms with Crippen molar-refractivity contribution in [2.75, 3.05) is 25.1 Å². The van der Waals surface area contributed by atoms with Crippen molar-refractivity contribution in [3.8, 4) is 11.4 Å². The van der Waals surface area contributed by atoms with Gasteiger partial charge in [0.15, 0.2) is 5.82 Å². The van der Waals surface area contributed by atoms with Crippen LogP contribution in [0.4, 0.5) is 10.3 Å². The minimum atomic E-state index is -0.305. The van der Waals surface area contributed by atoms with Crippen LogP contribution in [0.3, 0.4) is 0 Å². The van der Waals surface area contributed by atoms with Crippen LogP contribution in [0.5, 0.6) is 0 Å². The molecule has 1 aliphatic heterocycles. The number of methoxy groups -OCH3 is 1. The fourth-order valence-electron chi connectivity index (χ4n) is 2.24. The lowest BCUT2D eigenvalue weighted by molar-refractivity contribution is -0.0175. The van der Waals surface area contributed by atoms with E-state index in [1.54, 1.807) is 19.2 Å². The number of benzene rings is 1. The zero-order valence-electron chi connectivity index (χ0n) is 11.4. The van der Waals surface area contributed by atoms with Gasteiger partial charge in [-0.05, 0) is 19.1 Å². The van der Waals surface area contributed by atoms with Gasteiger partial charge in [-0.1, -0.05) is 12.1 Å². The number of ether oxygens (including phenoxy) is 1. The monoisotopic (exact) mass is 274 g/mol. The summed E-state index contributed by atoms with van der Waals surface area (Å²) >= 11 is 0. The first-order valence-electron chi connectivity index (χ1n) is 6.35. The largest absolute Gasteiger partial charge is 0.375 e. The highest BCUT2D eigenvalue weighted by molar-refractivity contribution is 5.56. The second-order valence-electron chi connectivity index (χ2n) is 5.13. The maximum atomic E-state index is 13.2. The molecule has 2 aromatic rings. The van der Waals surface area contributed by atoms with Gasteiger partial charge in [-0.3, -0.25) is 0 Å². The summed E-state index contributed by atoms with van der Waals surface area (Å²) in [6, 6.07) is 6.22. The fourth-order valence-corrected chi connectivity index (χ4v) is 2.24. The fraction of sp³-hybridized carbons (Fsp3) is 0.357. The van der Waals surface area contributed by atoms with Crippen LogP contribution in [0.15, 0.2) is 30.6 Å². The summed E-state index contributed by atoms with van der Waals surface area (Å²) in [5.41, 5.74) is 0.495. The van der Waals surface area contributed by atoms with E-state index < -0.39 is 0 Å². The number of hydrogen-bond acceptors (Lipinski definition) is 5. The average molecular weight is 274 g/mol. The van der Waals surface area contributed by atoms with Crippen molar-refractivity contribution >= 4 is 5.95 Å². The smallest absolute Gasteiger partial charge is 0.229 e. The summed E-state index contributed by atoms with van der Waals surface area (Å²) in [6.45, 7) is 3.50. The molecule has 1 aromatic carbocycles. The predicted molar refractivity (Wildman–Crippen MR) is 72.8 cm³/mol. The lowest BCUT2D eigenvalue weighted by Gasteiger charge is -2.46. The maximum Gasteiger partial charge on any atom is 0.229 e. The molecule has 0 spiro atoms. The third-order valence-electron chi connectivity index (χ3n) is 3.47. The minimum absolute atomic E-state index is 0.147. The van der Waals surface area contributed by atoms with E-state index in [4.69, 9.17) is 4.74 Å². The molecule has 5 nitrogen and oxygen atoms in total. The van der Waals surface area contributed by atoms with Crippen molar-refractivity contribution in [2.24, 2.45) is 0 Å². The third kappa shape index (κ3) is 2.34. The van der Waals surface area contributed by atoms with E-state index >= 15 is 0 Å². The molecule has 0 atom stereocenters. The van der Waals surface area contributed by atoms with Crippen LogP contribution in [0.1, 0.15) is 6.92 Å². The quantitative estimate of drug-likeness (QED) is 0.855. The lowest BCUT2D eigenvalue weighted by Crippen LogP contribution is -2.61. The molecule has 0 amide bonds. The Hall–Kier alpha value is -2.08. The molecule has 104 valence electrons. The molecule has 2 heterocycles. The van der Waals surface area contributed by atoms with E-state index in [0.717, 1.165) is 13.1 Å².